The van der Waals surface area contributed by atoms with Crippen LogP contribution in [0.2, 0.25) is 0 Å². The van der Waals surface area contributed by atoms with E-state index in [1.165, 1.54) is 24.1 Å². The normalized spacial score (nSPS) is 16.9. The summed E-state index contributed by atoms with van der Waals surface area (Å²) in [5, 5.41) is 0. The topological polar surface area (TPSA) is 29.3 Å². The Bertz CT molecular complexity index is 460. The van der Waals surface area contributed by atoms with Crippen molar-refractivity contribution in [1.82, 2.24) is 0 Å². The molecule has 0 aromatic heterocycles. The van der Waals surface area contributed by atoms with Crippen LogP contribution < -0.4 is 10.6 Å². The second-order valence-corrected chi connectivity index (χ2v) is 6.39. The Hall–Kier alpha value is -1.09. The molecular weight excluding hydrogens is 252 g/mol. The molecule has 1 aromatic carbocycles. The molecule has 0 bridgehead atoms. The average Bonchev–Trinajstić information content (AvgIpc) is 2.38. The van der Waals surface area contributed by atoms with Gasteiger partial charge in [-0.15, -0.1) is 0 Å². The van der Waals surface area contributed by atoms with Gasteiger partial charge in [0, 0.05) is 24.3 Å². The molecule has 0 spiro atoms. The molecule has 2 rings (SSSR count). The van der Waals surface area contributed by atoms with Crippen molar-refractivity contribution in [2.45, 2.75) is 33.6 Å². The van der Waals surface area contributed by atoms with Gasteiger partial charge in [-0.1, -0.05) is 37.7 Å². The third-order valence-corrected chi connectivity index (χ3v) is 4.46. The molecule has 1 aliphatic rings. The van der Waals surface area contributed by atoms with Crippen molar-refractivity contribution in [2.24, 2.45) is 17.6 Å². The third kappa shape index (κ3) is 3.27. The van der Waals surface area contributed by atoms with Gasteiger partial charge in [0.05, 0.1) is 0 Å². The number of hydrogen-bond donors (Lipinski definition) is 1. The summed E-state index contributed by atoms with van der Waals surface area (Å²) in [7, 11) is 0. The van der Waals surface area contributed by atoms with Gasteiger partial charge in [0.1, 0.15) is 4.99 Å². The van der Waals surface area contributed by atoms with Gasteiger partial charge in [-0.3, -0.25) is 0 Å². The van der Waals surface area contributed by atoms with Crippen LogP contribution in [0.1, 0.15) is 37.8 Å². The maximum atomic E-state index is 5.87. The van der Waals surface area contributed by atoms with E-state index in [9.17, 15) is 0 Å². The lowest BCUT2D eigenvalue weighted by molar-refractivity contribution is 0.311. The molecule has 0 atom stereocenters. The Balaban J connectivity index is 2.17. The molecule has 2 nitrogen and oxygen atoms in total. The molecule has 1 aromatic rings. The molecule has 2 N–H and O–H groups in total. The highest BCUT2D eigenvalue weighted by atomic mass is 32.1. The Morgan fingerprint density at radius 2 is 1.95 bits per heavy atom. The van der Waals surface area contributed by atoms with E-state index >= 15 is 0 Å². The quantitative estimate of drug-likeness (QED) is 0.857. The van der Waals surface area contributed by atoms with Gasteiger partial charge in [-0.25, -0.2) is 0 Å². The number of thiocarbonyl (C=S) groups is 1. The van der Waals surface area contributed by atoms with Gasteiger partial charge < -0.3 is 10.6 Å². The van der Waals surface area contributed by atoms with Gasteiger partial charge in [0.25, 0.3) is 0 Å². The van der Waals surface area contributed by atoms with Crippen molar-refractivity contribution < 1.29 is 0 Å². The molecule has 19 heavy (non-hydrogen) atoms. The zero-order valence-electron chi connectivity index (χ0n) is 12.1. The number of nitrogens with two attached hydrogens (primary N) is 1. The fraction of sp³-hybridized carbons (Fsp3) is 0.562. The molecule has 0 saturated carbocycles. The lowest BCUT2D eigenvalue weighted by Crippen LogP contribution is -2.36. The predicted molar refractivity (Wildman–Crippen MR) is 86.8 cm³/mol. The second-order valence-electron chi connectivity index (χ2n) is 5.95. The molecule has 1 aliphatic heterocycles. The van der Waals surface area contributed by atoms with Crippen LogP contribution in [0, 0.1) is 18.8 Å². The minimum atomic E-state index is 0.504. The average molecular weight is 276 g/mol. The molecule has 3 heteroatoms. The van der Waals surface area contributed by atoms with Gasteiger partial charge in [-0.05, 0) is 43.7 Å². The monoisotopic (exact) mass is 276 g/mol. The lowest BCUT2D eigenvalue weighted by Gasteiger charge is -2.36. The van der Waals surface area contributed by atoms with Crippen LogP contribution in [0.5, 0.6) is 0 Å². The van der Waals surface area contributed by atoms with Crippen LogP contribution in [0.25, 0.3) is 0 Å². The van der Waals surface area contributed by atoms with E-state index in [2.05, 4.69) is 43.9 Å². The SMILES string of the molecule is Cc1ccc(N2CCC(C(C)C)CC2)c(C(N)=S)c1. The summed E-state index contributed by atoms with van der Waals surface area (Å²) >= 11 is 5.19. The fourth-order valence-corrected chi connectivity index (χ4v) is 3.09. The molecule has 0 aliphatic carbocycles. The Kier molecular flexibility index (Phi) is 4.46. The van der Waals surface area contributed by atoms with Gasteiger partial charge in [-0.2, -0.15) is 0 Å². The highest BCUT2D eigenvalue weighted by molar-refractivity contribution is 7.80. The maximum absolute atomic E-state index is 5.87. The largest absolute Gasteiger partial charge is 0.389 e. The van der Waals surface area contributed by atoms with Crippen molar-refractivity contribution in [3.8, 4) is 0 Å². The van der Waals surface area contributed by atoms with Crippen LogP contribution in [0.4, 0.5) is 5.69 Å². The summed E-state index contributed by atoms with van der Waals surface area (Å²) in [4.78, 5) is 2.94. The molecule has 0 unspecified atom stereocenters. The highest BCUT2D eigenvalue weighted by Crippen LogP contribution is 2.30. The first-order valence-electron chi connectivity index (χ1n) is 7.14. The summed E-state index contributed by atoms with van der Waals surface area (Å²) in [5.74, 6) is 1.64. The van der Waals surface area contributed by atoms with E-state index in [1.54, 1.807) is 0 Å². The fourth-order valence-electron chi connectivity index (χ4n) is 2.93. The predicted octanol–water partition coefficient (Wildman–Crippen LogP) is 3.50. The van der Waals surface area contributed by atoms with E-state index in [0.717, 1.165) is 30.5 Å². The number of anilines is 1. The maximum Gasteiger partial charge on any atom is 0.106 e. The first-order chi connectivity index (χ1) is 8.99. The summed E-state index contributed by atoms with van der Waals surface area (Å²) in [6.07, 6.45) is 2.53. The standard InChI is InChI=1S/C16H24N2S/c1-11(2)13-6-8-18(9-7-13)15-5-4-12(3)10-14(15)16(17)19/h4-5,10-11,13H,6-9H2,1-3H3,(H2,17,19). The number of aryl methyl sites for hydroxylation is 1. The molecule has 0 radical (unpaired) electrons. The number of benzene rings is 1. The number of hydrogen-bond acceptors (Lipinski definition) is 2. The third-order valence-electron chi connectivity index (χ3n) is 4.24. The van der Waals surface area contributed by atoms with Crippen molar-refractivity contribution in [3.63, 3.8) is 0 Å². The van der Waals surface area contributed by atoms with Gasteiger partial charge in [0.15, 0.2) is 0 Å². The van der Waals surface area contributed by atoms with Gasteiger partial charge >= 0.3 is 0 Å². The molecule has 1 heterocycles. The molecule has 0 amide bonds. The summed E-state index contributed by atoms with van der Waals surface area (Å²) < 4.78 is 0. The van der Waals surface area contributed by atoms with Crippen LogP contribution >= 0.6 is 12.2 Å². The number of piperidine rings is 1. The van der Waals surface area contributed by atoms with E-state index in [-0.39, 0.29) is 0 Å². The Labute approximate surface area is 122 Å². The molecule has 1 fully saturated rings. The van der Waals surface area contributed by atoms with Crippen molar-refractivity contribution in [2.75, 3.05) is 18.0 Å². The lowest BCUT2D eigenvalue weighted by atomic mass is 9.86. The Morgan fingerprint density at radius 1 is 1.32 bits per heavy atom. The second kappa shape index (κ2) is 5.91. The van der Waals surface area contributed by atoms with E-state index in [4.69, 9.17) is 18.0 Å². The first-order valence-corrected chi connectivity index (χ1v) is 7.55. The Morgan fingerprint density at radius 3 is 2.47 bits per heavy atom. The van der Waals surface area contributed by atoms with Crippen LogP contribution in [0.3, 0.4) is 0 Å². The van der Waals surface area contributed by atoms with Gasteiger partial charge in [0.2, 0.25) is 0 Å². The van der Waals surface area contributed by atoms with E-state index in [0.29, 0.717) is 4.99 Å². The number of nitrogens with zero attached hydrogens (tertiary/aromatic N) is 1. The zero-order chi connectivity index (χ0) is 14.0. The smallest absolute Gasteiger partial charge is 0.106 e. The minimum absolute atomic E-state index is 0.504. The van der Waals surface area contributed by atoms with E-state index < -0.39 is 0 Å². The van der Waals surface area contributed by atoms with Crippen LogP contribution in [-0.2, 0) is 0 Å². The summed E-state index contributed by atoms with van der Waals surface area (Å²) in [6, 6.07) is 6.41. The van der Waals surface area contributed by atoms with Crippen LogP contribution in [-0.4, -0.2) is 18.1 Å². The van der Waals surface area contributed by atoms with Crippen molar-refractivity contribution >= 4 is 22.9 Å². The summed E-state index contributed by atoms with van der Waals surface area (Å²) in [5.41, 5.74) is 9.32. The zero-order valence-corrected chi connectivity index (χ0v) is 13.0. The molecule has 104 valence electrons. The van der Waals surface area contributed by atoms with Crippen molar-refractivity contribution in [3.05, 3.63) is 29.3 Å². The first kappa shape index (κ1) is 14.3. The number of rotatable bonds is 3. The molecular formula is C16H24N2S. The van der Waals surface area contributed by atoms with Crippen molar-refractivity contribution in [1.29, 1.82) is 0 Å². The molecule has 1 saturated heterocycles. The minimum Gasteiger partial charge on any atom is -0.389 e. The highest BCUT2D eigenvalue weighted by Gasteiger charge is 2.23. The summed E-state index contributed by atoms with van der Waals surface area (Å²) in [6.45, 7) is 8.96. The van der Waals surface area contributed by atoms with E-state index in [1.807, 2.05) is 0 Å². The van der Waals surface area contributed by atoms with Crippen LogP contribution in [0.15, 0.2) is 18.2 Å².